The van der Waals surface area contributed by atoms with Gasteiger partial charge < -0.3 is 10.2 Å². The summed E-state index contributed by atoms with van der Waals surface area (Å²) in [4.78, 5) is 13.9. The number of isocyanates is 1. The Kier molecular flexibility index (Phi) is 2.40. The quantitative estimate of drug-likeness (QED) is 0.457. The molecule has 1 aliphatic carbocycles. The van der Waals surface area contributed by atoms with Gasteiger partial charge in [0.25, 0.3) is 0 Å². The molecule has 0 atom stereocenters. The van der Waals surface area contributed by atoms with Crippen molar-refractivity contribution in [1.29, 1.82) is 0 Å². The molecule has 4 nitrogen and oxygen atoms in total. The molecule has 16 heavy (non-hydrogen) atoms. The first-order valence-corrected chi connectivity index (χ1v) is 4.91. The zero-order valence-corrected chi connectivity index (χ0v) is 8.40. The van der Waals surface area contributed by atoms with Crippen LogP contribution in [0.3, 0.4) is 0 Å². The van der Waals surface area contributed by atoms with Crippen LogP contribution in [-0.4, -0.2) is 16.3 Å². The predicted molar refractivity (Wildman–Crippen MR) is 53.4 cm³/mol. The van der Waals surface area contributed by atoms with Crippen LogP contribution in [0.1, 0.15) is 24.8 Å². The molecule has 1 aromatic rings. The average molecular weight is 223 g/mol. The maximum atomic E-state index is 13.7. The molecular formula is C11H10FNO3. The lowest BCUT2D eigenvalue weighted by Crippen LogP contribution is -2.32. The summed E-state index contributed by atoms with van der Waals surface area (Å²) in [6.07, 6.45) is 3.36. The van der Waals surface area contributed by atoms with E-state index in [1.165, 1.54) is 18.2 Å². The fourth-order valence-corrected chi connectivity index (χ4v) is 1.95. The van der Waals surface area contributed by atoms with Crippen LogP contribution < -0.4 is 0 Å². The normalized spacial score (nSPS) is 17.3. The van der Waals surface area contributed by atoms with Crippen LogP contribution in [0, 0.1) is 5.82 Å². The second-order valence-electron chi connectivity index (χ2n) is 3.88. The third-order valence-electron chi connectivity index (χ3n) is 3.04. The summed E-state index contributed by atoms with van der Waals surface area (Å²) in [6, 6.07) is 2.53. The van der Waals surface area contributed by atoms with Gasteiger partial charge in [-0.2, -0.15) is 4.99 Å². The smallest absolute Gasteiger partial charge is 0.235 e. The highest BCUT2D eigenvalue weighted by molar-refractivity contribution is 5.47. The van der Waals surface area contributed by atoms with E-state index in [9.17, 15) is 14.3 Å². The molecule has 0 saturated heterocycles. The molecule has 2 rings (SSSR count). The standard InChI is InChI=1S/C11H10FNO3/c12-9-7(2-3-8(15)10(9)16)11(13-6-14)4-1-5-11/h2-3,15-16H,1,4-5H2. The number of phenolic OH excluding ortho intramolecular Hbond substituents is 2. The zero-order valence-electron chi connectivity index (χ0n) is 8.40. The lowest BCUT2D eigenvalue weighted by atomic mass is 9.72. The van der Waals surface area contributed by atoms with Crippen LogP contribution in [0.2, 0.25) is 0 Å². The molecular weight excluding hydrogens is 213 g/mol. The van der Waals surface area contributed by atoms with Gasteiger partial charge in [0.2, 0.25) is 6.08 Å². The number of halogens is 1. The third-order valence-corrected chi connectivity index (χ3v) is 3.04. The molecule has 0 amide bonds. The molecule has 0 radical (unpaired) electrons. The molecule has 1 aliphatic rings. The molecule has 1 fully saturated rings. The molecule has 0 heterocycles. The van der Waals surface area contributed by atoms with Crippen molar-refractivity contribution in [3.05, 3.63) is 23.5 Å². The maximum Gasteiger partial charge on any atom is 0.235 e. The lowest BCUT2D eigenvalue weighted by molar-refractivity contribution is 0.243. The van der Waals surface area contributed by atoms with Crippen LogP contribution >= 0.6 is 0 Å². The summed E-state index contributed by atoms with van der Waals surface area (Å²) in [5, 5.41) is 18.4. The van der Waals surface area contributed by atoms with Gasteiger partial charge in [0.05, 0.1) is 0 Å². The molecule has 5 heteroatoms. The van der Waals surface area contributed by atoms with Crippen LogP contribution in [0.5, 0.6) is 11.5 Å². The van der Waals surface area contributed by atoms with Crippen molar-refractivity contribution in [2.45, 2.75) is 24.8 Å². The number of hydrogen-bond acceptors (Lipinski definition) is 4. The fourth-order valence-electron chi connectivity index (χ4n) is 1.95. The molecule has 1 saturated carbocycles. The van der Waals surface area contributed by atoms with Gasteiger partial charge in [-0.15, -0.1) is 0 Å². The van der Waals surface area contributed by atoms with E-state index < -0.39 is 22.9 Å². The Morgan fingerprint density at radius 1 is 1.38 bits per heavy atom. The van der Waals surface area contributed by atoms with Crippen molar-refractivity contribution in [2.75, 3.05) is 0 Å². The molecule has 84 valence electrons. The van der Waals surface area contributed by atoms with Gasteiger partial charge in [-0.25, -0.2) is 9.18 Å². The van der Waals surface area contributed by atoms with Gasteiger partial charge in [-0.3, -0.25) is 0 Å². The van der Waals surface area contributed by atoms with E-state index in [0.29, 0.717) is 12.8 Å². The first-order valence-electron chi connectivity index (χ1n) is 4.91. The third kappa shape index (κ3) is 1.37. The number of phenols is 2. The maximum absolute atomic E-state index is 13.7. The Morgan fingerprint density at radius 3 is 2.56 bits per heavy atom. The Labute approximate surface area is 91.1 Å². The van der Waals surface area contributed by atoms with Gasteiger partial charge in [-0.1, -0.05) is 0 Å². The van der Waals surface area contributed by atoms with Crippen LogP contribution in [0.25, 0.3) is 0 Å². The minimum atomic E-state index is -0.918. The van der Waals surface area contributed by atoms with E-state index in [0.717, 1.165) is 6.42 Å². The highest BCUT2D eigenvalue weighted by Gasteiger charge is 2.41. The zero-order chi connectivity index (χ0) is 11.8. The molecule has 0 bridgehead atoms. The Hall–Kier alpha value is -1.87. The summed E-state index contributed by atoms with van der Waals surface area (Å²) in [6.45, 7) is 0. The number of carbonyl (C=O) groups excluding carboxylic acids is 1. The molecule has 0 unspecified atom stereocenters. The highest BCUT2D eigenvalue weighted by atomic mass is 19.1. The molecule has 0 spiro atoms. The Bertz CT molecular complexity index is 476. The van der Waals surface area contributed by atoms with Crippen molar-refractivity contribution in [3.8, 4) is 11.5 Å². The summed E-state index contributed by atoms with van der Waals surface area (Å²) in [5.74, 6) is -2.24. The SMILES string of the molecule is O=C=NC1(c2ccc(O)c(O)c2F)CCC1. The molecule has 0 aromatic heterocycles. The number of aromatic hydroxyl groups is 2. The summed E-state index contributed by atoms with van der Waals surface area (Å²) >= 11 is 0. The van der Waals surface area contributed by atoms with Gasteiger partial charge in [0, 0.05) is 5.56 Å². The van der Waals surface area contributed by atoms with E-state index >= 15 is 0 Å². The van der Waals surface area contributed by atoms with Crippen molar-refractivity contribution >= 4 is 6.08 Å². The minimum absolute atomic E-state index is 0.136. The first kappa shape index (κ1) is 10.6. The van der Waals surface area contributed by atoms with E-state index in [1.54, 1.807) is 0 Å². The fraction of sp³-hybridized carbons (Fsp3) is 0.364. The average Bonchev–Trinajstić information content (AvgIpc) is 2.21. The molecule has 2 N–H and O–H groups in total. The van der Waals surface area contributed by atoms with Crippen molar-refractivity contribution in [1.82, 2.24) is 0 Å². The number of aliphatic imine (C=N–C) groups is 1. The number of hydrogen-bond donors (Lipinski definition) is 2. The second kappa shape index (κ2) is 3.61. The topological polar surface area (TPSA) is 69.9 Å². The van der Waals surface area contributed by atoms with Gasteiger partial charge in [0.15, 0.2) is 17.3 Å². The van der Waals surface area contributed by atoms with E-state index in [1.807, 2.05) is 0 Å². The largest absolute Gasteiger partial charge is 0.504 e. The van der Waals surface area contributed by atoms with E-state index in [-0.39, 0.29) is 5.56 Å². The van der Waals surface area contributed by atoms with Crippen molar-refractivity contribution in [3.63, 3.8) is 0 Å². The number of nitrogens with zero attached hydrogens (tertiary/aromatic N) is 1. The van der Waals surface area contributed by atoms with Gasteiger partial charge in [0.1, 0.15) is 5.54 Å². The van der Waals surface area contributed by atoms with Crippen LogP contribution in [0.15, 0.2) is 17.1 Å². The lowest BCUT2D eigenvalue weighted by Gasteiger charge is -2.37. The van der Waals surface area contributed by atoms with Gasteiger partial charge >= 0.3 is 0 Å². The Morgan fingerprint density at radius 2 is 2.06 bits per heavy atom. The van der Waals surface area contributed by atoms with E-state index in [2.05, 4.69) is 4.99 Å². The van der Waals surface area contributed by atoms with Crippen molar-refractivity contribution < 1.29 is 19.4 Å². The molecule has 0 aliphatic heterocycles. The minimum Gasteiger partial charge on any atom is -0.504 e. The summed E-state index contributed by atoms with van der Waals surface area (Å²) in [5.41, 5.74) is -0.769. The van der Waals surface area contributed by atoms with Crippen LogP contribution in [-0.2, 0) is 10.3 Å². The summed E-state index contributed by atoms with van der Waals surface area (Å²) in [7, 11) is 0. The van der Waals surface area contributed by atoms with Crippen molar-refractivity contribution in [2.24, 2.45) is 4.99 Å². The molecule has 1 aromatic carbocycles. The summed E-state index contributed by atoms with van der Waals surface area (Å²) < 4.78 is 13.7. The Balaban J connectivity index is 2.55. The first-order chi connectivity index (χ1) is 7.60. The number of rotatable bonds is 2. The number of benzene rings is 1. The predicted octanol–water partition coefficient (Wildman–Crippen LogP) is 1.95. The monoisotopic (exact) mass is 223 g/mol. The highest BCUT2D eigenvalue weighted by Crippen LogP contribution is 2.47. The van der Waals surface area contributed by atoms with Crippen LogP contribution in [0.4, 0.5) is 4.39 Å². The van der Waals surface area contributed by atoms with Gasteiger partial charge in [-0.05, 0) is 31.4 Å². The second-order valence-corrected chi connectivity index (χ2v) is 3.88. The van der Waals surface area contributed by atoms with E-state index in [4.69, 9.17) is 5.11 Å².